The van der Waals surface area contributed by atoms with Crippen LogP contribution in [0, 0.1) is 0 Å². The molecule has 132 valence electrons. The highest BCUT2D eigenvalue weighted by molar-refractivity contribution is 5.80. The Bertz CT molecular complexity index is 702. The van der Waals surface area contributed by atoms with Crippen LogP contribution in [-0.2, 0) is 22.6 Å². The molecule has 0 saturated carbocycles. The summed E-state index contributed by atoms with van der Waals surface area (Å²) in [6, 6.07) is 18.0. The van der Waals surface area contributed by atoms with E-state index in [2.05, 4.69) is 29.6 Å². The summed E-state index contributed by atoms with van der Waals surface area (Å²) in [7, 11) is 1.77. The van der Waals surface area contributed by atoms with E-state index in [0.29, 0.717) is 6.61 Å². The first-order chi connectivity index (χ1) is 12.2. The lowest BCUT2D eigenvalue weighted by atomic mass is 9.77. The number of hydrogen-bond donors (Lipinski definition) is 2. The van der Waals surface area contributed by atoms with Crippen LogP contribution in [0.3, 0.4) is 0 Å². The van der Waals surface area contributed by atoms with Crippen LogP contribution in [0.1, 0.15) is 35.4 Å². The summed E-state index contributed by atoms with van der Waals surface area (Å²) in [5.41, 5.74) is 9.39. The highest BCUT2D eigenvalue weighted by Gasteiger charge is 2.36. The standard InChI is InChI=1S/C21H26N2O2/c1-23-19(21(22)24)20(25-14-15-8-3-2-4-9-15)18-13-7-11-16-10-5-6-12-17(16)18/h2-6,8-10,12,18-20,23H,7,11,13-14H2,1H3,(H2,22,24). The summed E-state index contributed by atoms with van der Waals surface area (Å²) in [4.78, 5) is 12.0. The molecule has 0 saturated heterocycles. The molecule has 2 aromatic carbocycles. The molecule has 1 aliphatic rings. The van der Waals surface area contributed by atoms with Gasteiger partial charge in [-0.2, -0.15) is 0 Å². The molecule has 3 unspecified atom stereocenters. The van der Waals surface area contributed by atoms with E-state index in [1.165, 1.54) is 11.1 Å². The lowest BCUT2D eigenvalue weighted by Crippen LogP contribution is -2.51. The van der Waals surface area contributed by atoms with Gasteiger partial charge in [0.2, 0.25) is 5.91 Å². The fourth-order valence-electron chi connectivity index (χ4n) is 3.81. The van der Waals surface area contributed by atoms with E-state index < -0.39 is 6.04 Å². The number of nitrogens with one attached hydrogen (secondary N) is 1. The number of fused-ring (bicyclic) bond motifs is 1. The minimum absolute atomic E-state index is 0.165. The van der Waals surface area contributed by atoms with E-state index in [1.807, 2.05) is 30.3 Å². The van der Waals surface area contributed by atoms with Crippen molar-refractivity contribution in [3.8, 4) is 0 Å². The second kappa shape index (κ2) is 8.28. The molecule has 3 N–H and O–H groups in total. The lowest BCUT2D eigenvalue weighted by Gasteiger charge is -2.35. The molecule has 3 rings (SSSR count). The maximum atomic E-state index is 12.0. The molecule has 0 spiro atoms. The Hall–Kier alpha value is -2.17. The van der Waals surface area contributed by atoms with Crippen molar-refractivity contribution >= 4 is 5.91 Å². The van der Waals surface area contributed by atoms with E-state index in [1.54, 1.807) is 7.05 Å². The van der Waals surface area contributed by atoms with Gasteiger partial charge < -0.3 is 15.8 Å². The molecule has 1 amide bonds. The Morgan fingerprint density at radius 1 is 1.20 bits per heavy atom. The number of likely N-dealkylation sites (N-methyl/N-ethyl adjacent to an activating group) is 1. The molecule has 25 heavy (non-hydrogen) atoms. The number of primary amides is 1. The Kier molecular flexibility index (Phi) is 5.84. The Morgan fingerprint density at radius 3 is 2.64 bits per heavy atom. The number of amides is 1. The van der Waals surface area contributed by atoms with Gasteiger partial charge in [-0.3, -0.25) is 4.79 Å². The second-order valence-electron chi connectivity index (χ2n) is 6.63. The third-order valence-corrected chi connectivity index (χ3v) is 5.04. The fourth-order valence-corrected chi connectivity index (χ4v) is 3.81. The first-order valence-electron chi connectivity index (χ1n) is 8.90. The number of carbonyl (C=O) groups is 1. The molecule has 0 fully saturated rings. The number of aryl methyl sites for hydroxylation is 1. The van der Waals surface area contributed by atoms with Crippen molar-refractivity contribution < 1.29 is 9.53 Å². The predicted molar refractivity (Wildman–Crippen MR) is 99.2 cm³/mol. The lowest BCUT2D eigenvalue weighted by molar-refractivity contribution is -0.125. The van der Waals surface area contributed by atoms with Crippen LogP contribution in [0.15, 0.2) is 54.6 Å². The molecule has 0 heterocycles. The highest BCUT2D eigenvalue weighted by Crippen LogP contribution is 2.36. The van der Waals surface area contributed by atoms with Crippen molar-refractivity contribution in [3.05, 3.63) is 71.3 Å². The average molecular weight is 338 g/mol. The normalized spacial score (nSPS) is 19.0. The van der Waals surface area contributed by atoms with E-state index >= 15 is 0 Å². The first kappa shape index (κ1) is 17.6. The molecular formula is C21H26N2O2. The van der Waals surface area contributed by atoms with Gasteiger partial charge in [0.05, 0.1) is 12.7 Å². The quantitative estimate of drug-likeness (QED) is 0.816. The van der Waals surface area contributed by atoms with Crippen molar-refractivity contribution in [1.29, 1.82) is 0 Å². The van der Waals surface area contributed by atoms with E-state index in [0.717, 1.165) is 24.8 Å². The van der Waals surface area contributed by atoms with Gasteiger partial charge in [-0.15, -0.1) is 0 Å². The molecule has 0 bridgehead atoms. The van der Waals surface area contributed by atoms with Crippen LogP contribution in [-0.4, -0.2) is 25.1 Å². The zero-order valence-electron chi connectivity index (χ0n) is 14.7. The van der Waals surface area contributed by atoms with Crippen molar-refractivity contribution in [1.82, 2.24) is 5.32 Å². The van der Waals surface area contributed by atoms with Crippen LogP contribution in [0.4, 0.5) is 0 Å². The molecule has 3 atom stereocenters. The van der Waals surface area contributed by atoms with Crippen LogP contribution < -0.4 is 11.1 Å². The first-order valence-corrected chi connectivity index (χ1v) is 8.90. The van der Waals surface area contributed by atoms with Crippen LogP contribution in [0.2, 0.25) is 0 Å². The van der Waals surface area contributed by atoms with Crippen LogP contribution in [0.25, 0.3) is 0 Å². The Morgan fingerprint density at radius 2 is 1.92 bits per heavy atom. The summed E-state index contributed by atoms with van der Waals surface area (Å²) < 4.78 is 6.28. The third-order valence-electron chi connectivity index (χ3n) is 5.04. The molecule has 2 aromatic rings. The number of carbonyl (C=O) groups excluding carboxylic acids is 1. The van der Waals surface area contributed by atoms with Gasteiger partial charge in [0, 0.05) is 5.92 Å². The average Bonchev–Trinajstić information content (AvgIpc) is 2.65. The van der Waals surface area contributed by atoms with Crippen LogP contribution in [0.5, 0.6) is 0 Å². The predicted octanol–water partition coefficient (Wildman–Crippen LogP) is 2.77. The van der Waals surface area contributed by atoms with Crippen molar-refractivity contribution in [2.75, 3.05) is 7.05 Å². The SMILES string of the molecule is CNC(C(N)=O)C(OCc1ccccc1)C1CCCc2ccccc21. The number of benzene rings is 2. The maximum Gasteiger partial charge on any atom is 0.237 e. The Balaban J connectivity index is 1.87. The van der Waals surface area contributed by atoms with E-state index in [9.17, 15) is 4.79 Å². The van der Waals surface area contributed by atoms with Gasteiger partial charge >= 0.3 is 0 Å². The number of nitrogens with two attached hydrogens (primary N) is 1. The Labute approximate surface area is 149 Å². The van der Waals surface area contributed by atoms with Gasteiger partial charge in [0.15, 0.2) is 0 Å². The van der Waals surface area contributed by atoms with Gasteiger partial charge in [0.25, 0.3) is 0 Å². The second-order valence-corrected chi connectivity index (χ2v) is 6.63. The maximum absolute atomic E-state index is 12.0. The number of ether oxygens (including phenoxy) is 1. The largest absolute Gasteiger partial charge is 0.371 e. The summed E-state index contributed by atoms with van der Waals surface area (Å²) in [5, 5.41) is 3.07. The van der Waals surface area contributed by atoms with E-state index in [-0.39, 0.29) is 17.9 Å². The molecule has 0 aromatic heterocycles. The molecule has 1 aliphatic carbocycles. The van der Waals surface area contributed by atoms with Crippen molar-refractivity contribution in [3.63, 3.8) is 0 Å². The molecule has 0 aliphatic heterocycles. The van der Waals surface area contributed by atoms with Gasteiger partial charge in [0.1, 0.15) is 6.04 Å². The number of hydrogen-bond acceptors (Lipinski definition) is 3. The van der Waals surface area contributed by atoms with Crippen LogP contribution >= 0.6 is 0 Å². The topological polar surface area (TPSA) is 64.3 Å². The highest BCUT2D eigenvalue weighted by atomic mass is 16.5. The molecule has 0 radical (unpaired) electrons. The van der Waals surface area contributed by atoms with Crippen molar-refractivity contribution in [2.45, 2.75) is 43.9 Å². The molecule has 4 nitrogen and oxygen atoms in total. The van der Waals surface area contributed by atoms with Gasteiger partial charge in [-0.1, -0.05) is 54.6 Å². The minimum atomic E-state index is -0.514. The molecule has 4 heteroatoms. The van der Waals surface area contributed by atoms with Gasteiger partial charge in [-0.25, -0.2) is 0 Å². The molecular weight excluding hydrogens is 312 g/mol. The minimum Gasteiger partial charge on any atom is -0.371 e. The summed E-state index contributed by atoms with van der Waals surface area (Å²) >= 11 is 0. The number of rotatable bonds is 7. The summed E-state index contributed by atoms with van der Waals surface area (Å²) in [6.07, 6.45) is 2.90. The van der Waals surface area contributed by atoms with E-state index in [4.69, 9.17) is 10.5 Å². The monoisotopic (exact) mass is 338 g/mol. The van der Waals surface area contributed by atoms with Gasteiger partial charge in [-0.05, 0) is 43.0 Å². The smallest absolute Gasteiger partial charge is 0.237 e. The summed E-state index contributed by atoms with van der Waals surface area (Å²) in [6.45, 7) is 0.468. The fraction of sp³-hybridized carbons (Fsp3) is 0.381. The third kappa shape index (κ3) is 4.09. The zero-order valence-corrected chi connectivity index (χ0v) is 14.7. The van der Waals surface area contributed by atoms with Crippen molar-refractivity contribution in [2.24, 2.45) is 5.73 Å². The summed E-state index contributed by atoms with van der Waals surface area (Å²) in [5.74, 6) is -0.206. The zero-order chi connectivity index (χ0) is 17.6.